The maximum atomic E-state index is 12.8. The van der Waals surface area contributed by atoms with E-state index in [0.29, 0.717) is 17.1 Å². The lowest BCUT2D eigenvalue weighted by atomic mass is 10.1. The highest BCUT2D eigenvalue weighted by atomic mass is 35.5. The normalized spacial score (nSPS) is 16.4. The SMILES string of the molecule is FC(F)(F)c1cccc(CN2CCN(c3ccc(Cl)cn3)CC2)c1. The molecule has 1 saturated heterocycles. The van der Waals surface area contributed by atoms with Gasteiger partial charge < -0.3 is 4.90 Å². The van der Waals surface area contributed by atoms with Crippen LogP contribution < -0.4 is 4.90 Å². The summed E-state index contributed by atoms with van der Waals surface area (Å²) in [6, 6.07) is 9.22. The molecule has 3 rings (SSSR count). The Morgan fingerprint density at radius 3 is 2.42 bits per heavy atom. The van der Waals surface area contributed by atoms with E-state index < -0.39 is 11.7 Å². The van der Waals surface area contributed by atoms with Crippen LogP contribution in [0.15, 0.2) is 42.6 Å². The average molecular weight is 356 g/mol. The van der Waals surface area contributed by atoms with Crippen LogP contribution in [0.3, 0.4) is 0 Å². The van der Waals surface area contributed by atoms with Gasteiger partial charge >= 0.3 is 6.18 Å². The Bertz CT molecular complexity index is 680. The first kappa shape index (κ1) is 17.0. The highest BCUT2D eigenvalue weighted by molar-refractivity contribution is 6.30. The first-order valence-electron chi connectivity index (χ1n) is 7.67. The van der Waals surface area contributed by atoms with Gasteiger partial charge in [-0.05, 0) is 23.8 Å². The number of nitrogens with zero attached hydrogens (tertiary/aromatic N) is 3. The van der Waals surface area contributed by atoms with Crippen LogP contribution in [-0.4, -0.2) is 36.1 Å². The molecule has 0 radical (unpaired) electrons. The first-order chi connectivity index (χ1) is 11.4. The van der Waals surface area contributed by atoms with E-state index in [1.807, 2.05) is 6.07 Å². The molecular formula is C17H17ClF3N3. The van der Waals surface area contributed by atoms with Gasteiger partial charge in [-0.15, -0.1) is 0 Å². The largest absolute Gasteiger partial charge is 0.416 e. The molecule has 1 aliphatic rings. The van der Waals surface area contributed by atoms with Gasteiger partial charge in [0.25, 0.3) is 0 Å². The van der Waals surface area contributed by atoms with Crippen molar-refractivity contribution in [3.63, 3.8) is 0 Å². The zero-order valence-electron chi connectivity index (χ0n) is 12.9. The van der Waals surface area contributed by atoms with Crippen molar-refractivity contribution in [2.45, 2.75) is 12.7 Å². The number of rotatable bonds is 3. The molecule has 0 bridgehead atoms. The summed E-state index contributed by atoms with van der Waals surface area (Å²) in [5.74, 6) is 0.873. The smallest absolute Gasteiger partial charge is 0.354 e. The van der Waals surface area contributed by atoms with Gasteiger partial charge in [0.1, 0.15) is 5.82 Å². The summed E-state index contributed by atoms with van der Waals surface area (Å²) in [7, 11) is 0. The van der Waals surface area contributed by atoms with Crippen molar-refractivity contribution in [2.24, 2.45) is 0 Å². The Labute approximate surface area is 143 Å². The molecule has 0 spiro atoms. The summed E-state index contributed by atoms with van der Waals surface area (Å²) in [5.41, 5.74) is 0.0897. The molecular weight excluding hydrogens is 339 g/mol. The maximum absolute atomic E-state index is 12.8. The van der Waals surface area contributed by atoms with Crippen LogP contribution in [0, 0.1) is 0 Å². The van der Waals surface area contributed by atoms with Gasteiger partial charge in [-0.1, -0.05) is 29.8 Å². The standard InChI is InChI=1S/C17H17ClF3N3/c18-15-4-5-16(22-11-15)24-8-6-23(7-9-24)12-13-2-1-3-14(10-13)17(19,20)21/h1-5,10-11H,6-9,12H2. The molecule has 1 aliphatic heterocycles. The minimum atomic E-state index is -4.30. The van der Waals surface area contributed by atoms with E-state index in [2.05, 4.69) is 14.8 Å². The Morgan fingerprint density at radius 2 is 1.79 bits per heavy atom. The van der Waals surface area contributed by atoms with Gasteiger partial charge in [-0.25, -0.2) is 4.98 Å². The average Bonchev–Trinajstić information content (AvgIpc) is 2.56. The summed E-state index contributed by atoms with van der Waals surface area (Å²) >= 11 is 5.84. The number of halogens is 4. The number of benzene rings is 1. The van der Waals surface area contributed by atoms with Gasteiger partial charge in [0.2, 0.25) is 0 Å². The van der Waals surface area contributed by atoms with Crippen molar-refractivity contribution in [2.75, 3.05) is 31.1 Å². The molecule has 0 saturated carbocycles. The number of hydrogen-bond acceptors (Lipinski definition) is 3. The van der Waals surface area contributed by atoms with E-state index in [-0.39, 0.29) is 0 Å². The molecule has 0 unspecified atom stereocenters. The fourth-order valence-electron chi connectivity index (χ4n) is 2.79. The van der Waals surface area contributed by atoms with E-state index in [0.717, 1.165) is 38.1 Å². The third kappa shape index (κ3) is 4.19. The van der Waals surface area contributed by atoms with Crippen molar-refractivity contribution < 1.29 is 13.2 Å². The molecule has 0 atom stereocenters. The van der Waals surface area contributed by atoms with E-state index in [9.17, 15) is 13.2 Å². The second kappa shape index (κ2) is 6.99. The number of anilines is 1. The van der Waals surface area contributed by atoms with E-state index in [1.165, 1.54) is 12.1 Å². The predicted molar refractivity (Wildman–Crippen MR) is 88.2 cm³/mol. The number of piperazine rings is 1. The van der Waals surface area contributed by atoms with Crippen LogP contribution >= 0.6 is 11.6 Å². The molecule has 0 amide bonds. The Hall–Kier alpha value is -1.79. The summed E-state index contributed by atoms with van der Waals surface area (Å²) < 4.78 is 38.3. The fourth-order valence-corrected chi connectivity index (χ4v) is 2.91. The molecule has 128 valence electrons. The topological polar surface area (TPSA) is 19.4 Å². The van der Waals surface area contributed by atoms with Gasteiger partial charge in [0.05, 0.1) is 10.6 Å². The molecule has 1 aromatic heterocycles. The molecule has 1 fully saturated rings. The predicted octanol–water partition coefficient (Wildman–Crippen LogP) is 4.08. The second-order valence-corrected chi connectivity index (χ2v) is 6.23. The molecule has 24 heavy (non-hydrogen) atoms. The van der Waals surface area contributed by atoms with Crippen molar-refractivity contribution in [3.8, 4) is 0 Å². The molecule has 2 aromatic rings. The molecule has 2 heterocycles. The van der Waals surface area contributed by atoms with Crippen molar-refractivity contribution in [1.82, 2.24) is 9.88 Å². The van der Waals surface area contributed by atoms with Crippen LogP contribution in [0.5, 0.6) is 0 Å². The molecule has 0 aliphatic carbocycles. The highest BCUT2D eigenvalue weighted by Crippen LogP contribution is 2.29. The van der Waals surface area contributed by atoms with Crippen molar-refractivity contribution >= 4 is 17.4 Å². The highest BCUT2D eigenvalue weighted by Gasteiger charge is 2.30. The number of hydrogen-bond donors (Lipinski definition) is 0. The third-order valence-electron chi connectivity index (χ3n) is 4.07. The molecule has 1 aromatic carbocycles. The number of aromatic nitrogens is 1. The minimum absolute atomic E-state index is 0.520. The minimum Gasteiger partial charge on any atom is -0.354 e. The summed E-state index contributed by atoms with van der Waals surface area (Å²) in [6.45, 7) is 3.65. The van der Waals surface area contributed by atoms with Gasteiger partial charge in [-0.3, -0.25) is 4.90 Å². The Balaban J connectivity index is 1.58. The van der Waals surface area contributed by atoms with Crippen LogP contribution in [0.1, 0.15) is 11.1 Å². The zero-order valence-corrected chi connectivity index (χ0v) is 13.7. The van der Waals surface area contributed by atoms with Crippen LogP contribution in [0.2, 0.25) is 5.02 Å². The Kier molecular flexibility index (Phi) is 4.96. The summed E-state index contributed by atoms with van der Waals surface area (Å²) in [4.78, 5) is 8.61. The number of pyridine rings is 1. The molecule has 7 heteroatoms. The fraction of sp³-hybridized carbons (Fsp3) is 0.353. The molecule has 0 N–H and O–H groups in total. The van der Waals surface area contributed by atoms with Gasteiger partial charge in [0, 0.05) is 38.9 Å². The van der Waals surface area contributed by atoms with Crippen LogP contribution in [-0.2, 0) is 12.7 Å². The van der Waals surface area contributed by atoms with Crippen LogP contribution in [0.25, 0.3) is 0 Å². The lowest BCUT2D eigenvalue weighted by Gasteiger charge is -2.35. The van der Waals surface area contributed by atoms with E-state index >= 15 is 0 Å². The summed E-state index contributed by atoms with van der Waals surface area (Å²) in [5, 5.41) is 0.599. The molecule has 3 nitrogen and oxygen atoms in total. The third-order valence-corrected chi connectivity index (χ3v) is 4.29. The first-order valence-corrected chi connectivity index (χ1v) is 8.04. The Morgan fingerprint density at radius 1 is 1.04 bits per heavy atom. The lowest BCUT2D eigenvalue weighted by molar-refractivity contribution is -0.137. The van der Waals surface area contributed by atoms with E-state index in [4.69, 9.17) is 11.6 Å². The zero-order chi connectivity index (χ0) is 17.2. The quantitative estimate of drug-likeness (QED) is 0.827. The van der Waals surface area contributed by atoms with Gasteiger partial charge in [-0.2, -0.15) is 13.2 Å². The second-order valence-electron chi connectivity index (χ2n) is 5.80. The van der Waals surface area contributed by atoms with E-state index in [1.54, 1.807) is 18.3 Å². The summed E-state index contributed by atoms with van der Waals surface area (Å²) in [6.07, 6.45) is -2.68. The lowest BCUT2D eigenvalue weighted by Crippen LogP contribution is -2.46. The van der Waals surface area contributed by atoms with Crippen molar-refractivity contribution in [1.29, 1.82) is 0 Å². The van der Waals surface area contributed by atoms with Crippen molar-refractivity contribution in [3.05, 3.63) is 58.7 Å². The maximum Gasteiger partial charge on any atom is 0.416 e. The monoisotopic (exact) mass is 355 g/mol. The van der Waals surface area contributed by atoms with Gasteiger partial charge in [0.15, 0.2) is 0 Å². The van der Waals surface area contributed by atoms with Crippen LogP contribution in [0.4, 0.5) is 19.0 Å². The number of alkyl halides is 3.